The Morgan fingerprint density at radius 3 is 2.86 bits per heavy atom. The minimum absolute atomic E-state index is 0.763. The van der Waals surface area contributed by atoms with Gasteiger partial charge in [0.1, 0.15) is 17.5 Å². The fourth-order valence-corrected chi connectivity index (χ4v) is 1.89. The molecule has 0 aromatic carbocycles. The minimum atomic E-state index is 0.763. The van der Waals surface area contributed by atoms with Gasteiger partial charge in [-0.1, -0.05) is 31.7 Å². The Balaban J connectivity index is 2.77. The largest absolute Gasteiger partial charge is 0.347 e. The predicted molar refractivity (Wildman–Crippen MR) is 92.1 cm³/mol. The monoisotopic (exact) mass is 286 g/mol. The van der Waals surface area contributed by atoms with Crippen molar-refractivity contribution in [2.45, 2.75) is 46.5 Å². The van der Waals surface area contributed by atoms with E-state index in [-0.39, 0.29) is 0 Å². The fraction of sp³-hybridized carbons (Fsp3) is 0.412. The van der Waals surface area contributed by atoms with E-state index in [2.05, 4.69) is 53.2 Å². The van der Waals surface area contributed by atoms with E-state index in [0.29, 0.717) is 0 Å². The normalized spacial score (nSPS) is 16.5. The van der Waals surface area contributed by atoms with Crippen LogP contribution < -0.4 is 10.6 Å². The van der Waals surface area contributed by atoms with Crippen molar-refractivity contribution in [3.05, 3.63) is 48.6 Å². The highest BCUT2D eigenvalue weighted by molar-refractivity contribution is 6.02. The van der Waals surface area contributed by atoms with Gasteiger partial charge < -0.3 is 10.6 Å². The average molecular weight is 286 g/mol. The topological polar surface area (TPSA) is 48.8 Å². The van der Waals surface area contributed by atoms with Gasteiger partial charge in [-0.15, -0.1) is 0 Å². The van der Waals surface area contributed by atoms with Crippen LogP contribution in [0.15, 0.2) is 58.6 Å². The summed E-state index contributed by atoms with van der Waals surface area (Å²) in [5.41, 5.74) is 1.27. The summed E-state index contributed by atoms with van der Waals surface area (Å²) >= 11 is 0. The third-order valence-corrected chi connectivity index (χ3v) is 3.02. The van der Waals surface area contributed by atoms with Crippen molar-refractivity contribution in [1.82, 2.24) is 10.6 Å². The standard InChI is InChI=1S/C17H26N4/c1-5-8-9-10-15(18-7-3)20-16-12-11-14(4)17(21-16)19-13-6-2/h6-9,13,19H,3,5,10-12H2,1-2,4H3,(H,18,20,21)/b9-8?,13-6-. The summed E-state index contributed by atoms with van der Waals surface area (Å²) in [4.78, 5) is 8.92. The molecule has 0 aromatic heterocycles. The molecule has 1 aliphatic rings. The molecule has 0 unspecified atom stereocenters. The molecule has 1 heterocycles. The summed E-state index contributed by atoms with van der Waals surface area (Å²) in [5, 5.41) is 6.53. The van der Waals surface area contributed by atoms with Crippen LogP contribution in [0.2, 0.25) is 0 Å². The first-order valence-corrected chi connectivity index (χ1v) is 7.45. The van der Waals surface area contributed by atoms with E-state index in [9.17, 15) is 0 Å². The van der Waals surface area contributed by atoms with E-state index in [1.54, 1.807) is 6.20 Å². The van der Waals surface area contributed by atoms with Crippen LogP contribution in [0, 0.1) is 0 Å². The van der Waals surface area contributed by atoms with E-state index in [1.165, 1.54) is 5.57 Å². The van der Waals surface area contributed by atoms with E-state index in [4.69, 9.17) is 0 Å². The molecule has 21 heavy (non-hydrogen) atoms. The lowest BCUT2D eigenvalue weighted by molar-refractivity contribution is 0.858. The summed E-state index contributed by atoms with van der Waals surface area (Å²) < 4.78 is 0. The lowest BCUT2D eigenvalue weighted by Crippen LogP contribution is -2.32. The van der Waals surface area contributed by atoms with Crippen molar-refractivity contribution in [2.75, 3.05) is 0 Å². The zero-order valence-corrected chi connectivity index (χ0v) is 13.3. The van der Waals surface area contributed by atoms with Crippen LogP contribution in [0.1, 0.15) is 46.5 Å². The van der Waals surface area contributed by atoms with Crippen LogP contribution in [-0.2, 0) is 0 Å². The molecule has 1 aliphatic heterocycles. The Kier molecular flexibility index (Phi) is 7.87. The highest BCUT2D eigenvalue weighted by atomic mass is 15.1. The number of nitrogens with one attached hydrogen (secondary N) is 2. The second-order valence-corrected chi connectivity index (χ2v) is 4.80. The Labute approximate surface area is 128 Å². The molecule has 0 aliphatic carbocycles. The molecule has 0 amide bonds. The molecule has 4 nitrogen and oxygen atoms in total. The molecule has 1 rings (SSSR count). The SMILES string of the molecule is C=CN=C(CC=CCC)NC1=NC(N/C=C\C)=C(C)CC1. The average Bonchev–Trinajstić information content (AvgIpc) is 2.48. The second-order valence-electron chi connectivity index (χ2n) is 4.80. The Bertz CT molecular complexity index is 493. The zero-order chi connectivity index (χ0) is 15.5. The molecule has 0 radical (unpaired) electrons. The van der Waals surface area contributed by atoms with E-state index < -0.39 is 0 Å². The van der Waals surface area contributed by atoms with Gasteiger partial charge in [0.05, 0.1) is 0 Å². The van der Waals surface area contributed by atoms with E-state index >= 15 is 0 Å². The van der Waals surface area contributed by atoms with Crippen LogP contribution in [0.25, 0.3) is 0 Å². The van der Waals surface area contributed by atoms with Gasteiger partial charge in [-0.3, -0.25) is 0 Å². The van der Waals surface area contributed by atoms with Gasteiger partial charge >= 0.3 is 0 Å². The molecule has 4 heteroatoms. The van der Waals surface area contributed by atoms with Crippen LogP contribution in [0.5, 0.6) is 0 Å². The molecule has 0 saturated carbocycles. The van der Waals surface area contributed by atoms with Crippen LogP contribution in [-0.4, -0.2) is 11.7 Å². The van der Waals surface area contributed by atoms with Crippen LogP contribution >= 0.6 is 0 Å². The van der Waals surface area contributed by atoms with Gasteiger partial charge in [0.2, 0.25) is 0 Å². The maximum absolute atomic E-state index is 4.63. The van der Waals surface area contributed by atoms with Crippen molar-refractivity contribution in [2.24, 2.45) is 9.98 Å². The fourth-order valence-electron chi connectivity index (χ4n) is 1.89. The lowest BCUT2D eigenvalue weighted by atomic mass is 10.1. The Morgan fingerprint density at radius 1 is 1.38 bits per heavy atom. The molecule has 0 spiro atoms. The molecule has 0 atom stereocenters. The Morgan fingerprint density at radius 2 is 2.19 bits per heavy atom. The van der Waals surface area contributed by atoms with Crippen molar-refractivity contribution in [1.29, 1.82) is 0 Å². The molecule has 0 aromatic rings. The van der Waals surface area contributed by atoms with Crippen molar-refractivity contribution >= 4 is 11.7 Å². The zero-order valence-electron chi connectivity index (χ0n) is 13.3. The second kappa shape index (κ2) is 9.75. The Hall–Kier alpha value is -2.10. The van der Waals surface area contributed by atoms with E-state index in [1.807, 2.05) is 19.2 Å². The van der Waals surface area contributed by atoms with E-state index in [0.717, 1.165) is 43.2 Å². The highest BCUT2D eigenvalue weighted by Gasteiger charge is 2.12. The van der Waals surface area contributed by atoms with Crippen LogP contribution in [0.4, 0.5) is 0 Å². The molecule has 0 saturated heterocycles. The summed E-state index contributed by atoms with van der Waals surface area (Å²) in [5.74, 6) is 2.74. The summed E-state index contributed by atoms with van der Waals surface area (Å²) in [7, 11) is 0. The van der Waals surface area contributed by atoms with Crippen molar-refractivity contribution < 1.29 is 0 Å². The number of hydrogen-bond donors (Lipinski definition) is 2. The third-order valence-electron chi connectivity index (χ3n) is 3.02. The van der Waals surface area contributed by atoms with Crippen molar-refractivity contribution in [3.63, 3.8) is 0 Å². The smallest absolute Gasteiger partial charge is 0.130 e. The first-order chi connectivity index (χ1) is 10.2. The molecule has 2 N–H and O–H groups in total. The van der Waals surface area contributed by atoms with Gasteiger partial charge in [0.25, 0.3) is 0 Å². The lowest BCUT2D eigenvalue weighted by Gasteiger charge is -2.18. The summed E-state index contributed by atoms with van der Waals surface area (Å²) in [6.07, 6.45) is 13.3. The van der Waals surface area contributed by atoms with Gasteiger partial charge in [-0.05, 0) is 38.5 Å². The maximum Gasteiger partial charge on any atom is 0.130 e. The number of rotatable bonds is 6. The maximum atomic E-state index is 4.63. The minimum Gasteiger partial charge on any atom is -0.347 e. The third kappa shape index (κ3) is 6.25. The van der Waals surface area contributed by atoms with Gasteiger partial charge in [0, 0.05) is 19.0 Å². The molecular weight excluding hydrogens is 260 g/mol. The number of allylic oxidation sites excluding steroid dienone is 3. The van der Waals surface area contributed by atoms with Crippen molar-refractivity contribution in [3.8, 4) is 0 Å². The predicted octanol–water partition coefficient (Wildman–Crippen LogP) is 4.02. The van der Waals surface area contributed by atoms with Gasteiger partial charge in [0.15, 0.2) is 0 Å². The first kappa shape index (κ1) is 17.0. The molecule has 114 valence electrons. The highest BCUT2D eigenvalue weighted by Crippen LogP contribution is 2.16. The number of aliphatic imine (C=N–C) groups is 2. The number of nitrogens with zero attached hydrogens (tertiary/aromatic N) is 2. The quantitative estimate of drug-likeness (QED) is 0.440. The van der Waals surface area contributed by atoms with Gasteiger partial charge in [-0.25, -0.2) is 9.98 Å². The number of hydrogen-bond acceptors (Lipinski definition) is 3. The molecule has 0 fully saturated rings. The van der Waals surface area contributed by atoms with Gasteiger partial charge in [-0.2, -0.15) is 0 Å². The summed E-state index contributed by atoms with van der Waals surface area (Å²) in [6, 6.07) is 0. The summed E-state index contributed by atoms with van der Waals surface area (Å²) in [6.45, 7) is 9.87. The molecule has 0 bridgehead atoms. The van der Waals surface area contributed by atoms with Crippen LogP contribution in [0.3, 0.4) is 0 Å². The molecular formula is C17H26N4. The number of amidine groups is 2. The first-order valence-electron chi connectivity index (χ1n) is 7.45.